The summed E-state index contributed by atoms with van der Waals surface area (Å²) in [6.07, 6.45) is -5.12. The molecule has 144 valence electrons. The lowest BCUT2D eigenvalue weighted by Gasteiger charge is -2.41. The lowest BCUT2D eigenvalue weighted by atomic mass is 9.99. The second-order valence-electron chi connectivity index (χ2n) is 6.20. The van der Waals surface area contributed by atoms with Gasteiger partial charge < -0.3 is 39.6 Å². The lowest BCUT2D eigenvalue weighted by Crippen LogP contribution is -2.58. The Bertz CT molecular complexity index is 474. The molecule has 0 saturated carbocycles. The van der Waals surface area contributed by atoms with Gasteiger partial charge in [-0.2, -0.15) is 0 Å². The number of aliphatic carboxylic acids is 1. The highest BCUT2D eigenvalue weighted by Crippen LogP contribution is 2.27. The summed E-state index contributed by atoms with van der Waals surface area (Å²) < 4.78 is 21.6. The zero-order valence-corrected chi connectivity index (χ0v) is 14.2. The minimum Gasteiger partial charge on any atom is -0.479 e. The number of ether oxygens (including phenoxy) is 4. The molecule has 7 atom stereocenters. The molecule has 6 unspecified atom stereocenters. The molecule has 10 heteroatoms. The standard InChI is InChI=1S/C15H25NO9/c1-7(18)16-9-6-23-8(5-17)3-11(9)24-15-10(19)4-12(22-2)13(25-15)14(20)21/h8-13,15,17,19H,3-6H2,1-2H3,(H,16,18)(H,20,21)/t8?,9-,10?,11?,12?,13?,15?/m1/s1. The van der Waals surface area contributed by atoms with Gasteiger partial charge >= 0.3 is 5.97 Å². The molecule has 2 aliphatic rings. The number of carboxylic acids is 1. The van der Waals surface area contributed by atoms with Crippen molar-refractivity contribution in [1.29, 1.82) is 0 Å². The van der Waals surface area contributed by atoms with E-state index in [0.29, 0.717) is 0 Å². The number of carbonyl (C=O) groups excluding carboxylic acids is 1. The van der Waals surface area contributed by atoms with E-state index in [0.717, 1.165) is 0 Å². The van der Waals surface area contributed by atoms with Gasteiger partial charge in [-0.3, -0.25) is 4.79 Å². The maximum atomic E-state index is 11.3. The Hall–Kier alpha value is -1.30. The van der Waals surface area contributed by atoms with E-state index < -0.39 is 48.8 Å². The number of rotatable bonds is 6. The van der Waals surface area contributed by atoms with Crippen LogP contribution in [0.15, 0.2) is 0 Å². The molecular weight excluding hydrogens is 338 g/mol. The third-order valence-corrected chi connectivity index (χ3v) is 4.31. The van der Waals surface area contributed by atoms with Crippen LogP contribution in [0.4, 0.5) is 0 Å². The van der Waals surface area contributed by atoms with Crippen molar-refractivity contribution in [3.8, 4) is 0 Å². The highest BCUT2D eigenvalue weighted by atomic mass is 16.7. The zero-order valence-electron chi connectivity index (χ0n) is 14.2. The summed E-state index contributed by atoms with van der Waals surface area (Å²) in [5.41, 5.74) is 0. The molecule has 0 aliphatic carbocycles. The minimum absolute atomic E-state index is 0.0373. The Morgan fingerprint density at radius 2 is 2.00 bits per heavy atom. The highest BCUT2D eigenvalue weighted by Gasteiger charge is 2.44. The van der Waals surface area contributed by atoms with E-state index in [-0.39, 0.29) is 32.0 Å². The molecule has 10 nitrogen and oxygen atoms in total. The molecule has 2 saturated heterocycles. The molecule has 0 aromatic heterocycles. The van der Waals surface area contributed by atoms with E-state index in [9.17, 15) is 24.9 Å². The number of aliphatic hydroxyl groups is 2. The number of hydrogen-bond donors (Lipinski definition) is 4. The molecule has 2 rings (SSSR count). The summed E-state index contributed by atoms with van der Waals surface area (Å²) >= 11 is 0. The molecule has 2 fully saturated rings. The normalized spacial score (nSPS) is 39.0. The summed E-state index contributed by atoms with van der Waals surface area (Å²) in [6.45, 7) is 1.26. The van der Waals surface area contributed by atoms with Crippen LogP contribution < -0.4 is 5.32 Å². The van der Waals surface area contributed by atoms with E-state index in [1.807, 2.05) is 0 Å². The number of amides is 1. The van der Waals surface area contributed by atoms with Gasteiger partial charge in [0.2, 0.25) is 5.91 Å². The van der Waals surface area contributed by atoms with Crippen LogP contribution in [0.3, 0.4) is 0 Å². The second-order valence-corrected chi connectivity index (χ2v) is 6.20. The summed E-state index contributed by atoms with van der Waals surface area (Å²) in [5, 5.41) is 31.4. The van der Waals surface area contributed by atoms with Gasteiger partial charge in [0, 0.05) is 26.9 Å². The molecule has 2 heterocycles. The number of methoxy groups -OCH3 is 1. The Labute approximate surface area is 145 Å². The summed E-state index contributed by atoms with van der Waals surface area (Å²) in [7, 11) is 1.34. The van der Waals surface area contributed by atoms with Crippen LogP contribution in [0.2, 0.25) is 0 Å². The van der Waals surface area contributed by atoms with Crippen LogP contribution in [-0.2, 0) is 28.5 Å². The van der Waals surface area contributed by atoms with Gasteiger partial charge in [0.05, 0.1) is 37.6 Å². The fourth-order valence-corrected chi connectivity index (χ4v) is 3.04. The van der Waals surface area contributed by atoms with Gasteiger partial charge in [-0.25, -0.2) is 4.79 Å². The number of carboxylic acid groups (broad SMARTS) is 1. The van der Waals surface area contributed by atoms with Crippen LogP contribution in [0.5, 0.6) is 0 Å². The second kappa shape index (κ2) is 8.88. The average molecular weight is 363 g/mol. The monoisotopic (exact) mass is 363 g/mol. The van der Waals surface area contributed by atoms with Crippen molar-refractivity contribution in [2.75, 3.05) is 20.3 Å². The molecule has 0 aromatic carbocycles. The van der Waals surface area contributed by atoms with Crippen LogP contribution >= 0.6 is 0 Å². The zero-order chi connectivity index (χ0) is 18.6. The van der Waals surface area contributed by atoms with Crippen molar-refractivity contribution in [2.24, 2.45) is 0 Å². The first-order valence-corrected chi connectivity index (χ1v) is 8.09. The van der Waals surface area contributed by atoms with Crippen molar-refractivity contribution < 1.29 is 43.9 Å². The molecule has 1 amide bonds. The quantitative estimate of drug-likeness (QED) is 0.431. The van der Waals surface area contributed by atoms with Gasteiger partial charge in [0.1, 0.15) is 6.10 Å². The van der Waals surface area contributed by atoms with Crippen molar-refractivity contribution >= 4 is 11.9 Å². The highest BCUT2D eigenvalue weighted by molar-refractivity contribution is 5.73. The fourth-order valence-electron chi connectivity index (χ4n) is 3.04. The average Bonchev–Trinajstić information content (AvgIpc) is 2.57. The number of aliphatic hydroxyl groups excluding tert-OH is 2. The first-order valence-electron chi connectivity index (χ1n) is 8.09. The Balaban J connectivity index is 2.07. The van der Waals surface area contributed by atoms with E-state index >= 15 is 0 Å². The molecule has 25 heavy (non-hydrogen) atoms. The Morgan fingerprint density at radius 3 is 2.56 bits per heavy atom. The van der Waals surface area contributed by atoms with Gasteiger partial charge in [0.15, 0.2) is 12.4 Å². The minimum atomic E-state index is -1.27. The lowest BCUT2D eigenvalue weighted by molar-refractivity contribution is -0.289. The molecule has 0 bridgehead atoms. The van der Waals surface area contributed by atoms with E-state index in [4.69, 9.17) is 18.9 Å². The van der Waals surface area contributed by atoms with E-state index in [1.54, 1.807) is 0 Å². The maximum absolute atomic E-state index is 11.3. The van der Waals surface area contributed by atoms with E-state index in [2.05, 4.69) is 5.32 Å². The molecule has 4 N–H and O–H groups in total. The third-order valence-electron chi connectivity index (χ3n) is 4.31. The molecule has 0 aromatic rings. The number of nitrogens with one attached hydrogen (secondary N) is 1. The van der Waals surface area contributed by atoms with Gasteiger partial charge in [-0.05, 0) is 0 Å². The van der Waals surface area contributed by atoms with Crippen molar-refractivity contribution in [1.82, 2.24) is 5.32 Å². The predicted molar refractivity (Wildman–Crippen MR) is 81.6 cm³/mol. The first-order chi connectivity index (χ1) is 11.8. The first kappa shape index (κ1) is 20.0. The predicted octanol–water partition coefficient (Wildman–Crippen LogP) is -1.77. The van der Waals surface area contributed by atoms with E-state index in [1.165, 1.54) is 14.0 Å². The number of carbonyl (C=O) groups is 2. The molecule has 0 radical (unpaired) electrons. The largest absolute Gasteiger partial charge is 0.479 e. The fraction of sp³-hybridized carbons (Fsp3) is 0.867. The van der Waals surface area contributed by atoms with Crippen LogP contribution in [0.1, 0.15) is 19.8 Å². The van der Waals surface area contributed by atoms with Crippen molar-refractivity contribution in [3.63, 3.8) is 0 Å². The summed E-state index contributed by atoms with van der Waals surface area (Å²) in [6, 6.07) is -0.500. The third kappa shape index (κ3) is 5.09. The smallest absolute Gasteiger partial charge is 0.335 e. The Morgan fingerprint density at radius 1 is 1.28 bits per heavy atom. The summed E-state index contributed by atoms with van der Waals surface area (Å²) in [5.74, 6) is -1.50. The van der Waals surface area contributed by atoms with Crippen molar-refractivity contribution in [2.45, 2.75) is 62.6 Å². The molecule has 2 aliphatic heterocycles. The van der Waals surface area contributed by atoms with Crippen molar-refractivity contribution in [3.05, 3.63) is 0 Å². The van der Waals surface area contributed by atoms with Gasteiger partial charge in [0.25, 0.3) is 0 Å². The molecule has 0 spiro atoms. The maximum Gasteiger partial charge on any atom is 0.335 e. The SMILES string of the molecule is COC1CC(O)C(OC2CC(CO)OC[C@H]2NC(C)=O)OC1C(=O)O. The van der Waals surface area contributed by atoms with Gasteiger partial charge in [-0.15, -0.1) is 0 Å². The van der Waals surface area contributed by atoms with Crippen LogP contribution in [-0.4, -0.2) is 90.4 Å². The Kier molecular flexibility index (Phi) is 7.11. The van der Waals surface area contributed by atoms with Gasteiger partial charge in [-0.1, -0.05) is 0 Å². The van der Waals surface area contributed by atoms with Crippen LogP contribution in [0.25, 0.3) is 0 Å². The number of hydrogen-bond acceptors (Lipinski definition) is 8. The molecular formula is C15H25NO9. The summed E-state index contributed by atoms with van der Waals surface area (Å²) in [4.78, 5) is 22.7. The van der Waals surface area contributed by atoms with Crippen LogP contribution in [0, 0.1) is 0 Å². The topological polar surface area (TPSA) is 144 Å².